The number of hydrogen-bond donors (Lipinski definition) is 0. The van der Waals surface area contributed by atoms with Crippen LogP contribution in [0.4, 0.5) is 0 Å². The molecule has 3 nitrogen and oxygen atoms in total. The number of aromatic nitrogens is 2. The van der Waals surface area contributed by atoms with E-state index in [0.29, 0.717) is 5.84 Å². The maximum Gasteiger partial charge on any atom is 0.305 e. The van der Waals surface area contributed by atoms with Gasteiger partial charge in [-0.05, 0) is 12.8 Å². The summed E-state index contributed by atoms with van der Waals surface area (Å²) < 4.78 is 7.07. The SMILES string of the molecule is CCCCCc1cn2ccoc2n1. The molecule has 70 valence electrons. The van der Waals surface area contributed by atoms with E-state index in [-0.39, 0.29) is 0 Å². The summed E-state index contributed by atoms with van der Waals surface area (Å²) >= 11 is 0. The molecule has 0 amide bonds. The van der Waals surface area contributed by atoms with E-state index in [2.05, 4.69) is 11.9 Å². The smallest absolute Gasteiger partial charge is 0.305 e. The third-order valence-corrected chi connectivity index (χ3v) is 2.18. The predicted molar refractivity (Wildman–Crippen MR) is 50.7 cm³/mol. The molecule has 0 unspecified atom stereocenters. The molecule has 3 heteroatoms. The zero-order valence-corrected chi connectivity index (χ0v) is 7.86. The van der Waals surface area contributed by atoms with E-state index in [1.165, 1.54) is 19.3 Å². The molecule has 0 spiro atoms. The Bertz CT molecular complexity index is 346. The summed E-state index contributed by atoms with van der Waals surface area (Å²) in [6.45, 7) is 2.21. The quantitative estimate of drug-likeness (QED) is 0.674. The van der Waals surface area contributed by atoms with Crippen molar-refractivity contribution >= 4 is 5.84 Å². The van der Waals surface area contributed by atoms with Gasteiger partial charge in [-0.2, -0.15) is 4.98 Å². The Morgan fingerprint density at radius 1 is 1.46 bits per heavy atom. The number of rotatable bonds is 4. The van der Waals surface area contributed by atoms with E-state index in [1.807, 2.05) is 16.8 Å². The number of unbranched alkanes of at least 4 members (excludes halogenated alkanes) is 2. The van der Waals surface area contributed by atoms with Crippen molar-refractivity contribution < 1.29 is 4.42 Å². The highest BCUT2D eigenvalue weighted by atomic mass is 16.3. The van der Waals surface area contributed by atoms with Crippen molar-refractivity contribution in [1.29, 1.82) is 0 Å². The number of aryl methyl sites for hydroxylation is 1. The van der Waals surface area contributed by atoms with Gasteiger partial charge in [-0.15, -0.1) is 0 Å². The van der Waals surface area contributed by atoms with Gasteiger partial charge in [0.2, 0.25) is 0 Å². The van der Waals surface area contributed by atoms with Crippen molar-refractivity contribution in [2.24, 2.45) is 0 Å². The van der Waals surface area contributed by atoms with E-state index in [4.69, 9.17) is 4.42 Å². The van der Waals surface area contributed by atoms with Crippen LogP contribution in [0.3, 0.4) is 0 Å². The Morgan fingerprint density at radius 3 is 3.15 bits per heavy atom. The summed E-state index contributed by atoms with van der Waals surface area (Å²) in [5.41, 5.74) is 1.13. The lowest BCUT2D eigenvalue weighted by molar-refractivity contribution is 0.594. The molecule has 0 saturated heterocycles. The number of nitrogens with zero attached hydrogens (tertiary/aromatic N) is 2. The van der Waals surface area contributed by atoms with Gasteiger partial charge in [0, 0.05) is 12.4 Å². The van der Waals surface area contributed by atoms with Crippen LogP contribution >= 0.6 is 0 Å². The first-order chi connectivity index (χ1) is 6.40. The minimum atomic E-state index is 0.700. The molecule has 2 rings (SSSR count). The molecule has 0 radical (unpaired) electrons. The van der Waals surface area contributed by atoms with Gasteiger partial charge in [-0.3, -0.25) is 4.40 Å². The van der Waals surface area contributed by atoms with Gasteiger partial charge in [-0.25, -0.2) is 0 Å². The van der Waals surface area contributed by atoms with Crippen LogP contribution in [0.15, 0.2) is 23.1 Å². The van der Waals surface area contributed by atoms with Crippen molar-refractivity contribution in [2.75, 3.05) is 0 Å². The Morgan fingerprint density at radius 2 is 2.38 bits per heavy atom. The number of imidazole rings is 1. The molecule has 2 aromatic rings. The van der Waals surface area contributed by atoms with Crippen LogP contribution in [0, 0.1) is 0 Å². The molecule has 0 atom stereocenters. The standard InChI is InChI=1S/C10H14N2O/c1-2-3-4-5-9-8-12-6-7-13-10(12)11-9/h6-8H,2-5H2,1H3. The average molecular weight is 178 g/mol. The summed E-state index contributed by atoms with van der Waals surface area (Å²) in [5.74, 6) is 0.700. The summed E-state index contributed by atoms with van der Waals surface area (Å²) in [7, 11) is 0. The highest BCUT2D eigenvalue weighted by molar-refractivity contribution is 5.25. The van der Waals surface area contributed by atoms with Crippen molar-refractivity contribution in [3.05, 3.63) is 24.4 Å². The summed E-state index contributed by atoms with van der Waals surface area (Å²) in [6.07, 6.45) is 10.4. The summed E-state index contributed by atoms with van der Waals surface area (Å²) in [4.78, 5) is 4.34. The minimum absolute atomic E-state index is 0.700. The normalized spacial score (nSPS) is 11.2. The fourth-order valence-electron chi connectivity index (χ4n) is 1.45. The average Bonchev–Trinajstić information content (AvgIpc) is 2.64. The first-order valence-corrected chi connectivity index (χ1v) is 4.81. The third kappa shape index (κ3) is 1.74. The van der Waals surface area contributed by atoms with Crippen molar-refractivity contribution in [2.45, 2.75) is 32.6 Å². The van der Waals surface area contributed by atoms with Crippen LogP contribution in [0.25, 0.3) is 5.84 Å². The van der Waals surface area contributed by atoms with Crippen molar-refractivity contribution in [3.8, 4) is 0 Å². The monoisotopic (exact) mass is 178 g/mol. The van der Waals surface area contributed by atoms with Gasteiger partial charge in [-0.1, -0.05) is 19.8 Å². The Labute approximate surface area is 77.4 Å². The maximum atomic E-state index is 5.16. The van der Waals surface area contributed by atoms with Crippen LogP contribution in [-0.4, -0.2) is 9.38 Å². The zero-order chi connectivity index (χ0) is 9.10. The largest absolute Gasteiger partial charge is 0.432 e. The highest BCUT2D eigenvalue weighted by Gasteiger charge is 2.02. The van der Waals surface area contributed by atoms with E-state index in [1.54, 1.807) is 6.26 Å². The van der Waals surface area contributed by atoms with Gasteiger partial charge in [0.25, 0.3) is 0 Å². The topological polar surface area (TPSA) is 30.4 Å². The highest BCUT2D eigenvalue weighted by Crippen LogP contribution is 2.08. The van der Waals surface area contributed by atoms with Gasteiger partial charge in [0.15, 0.2) is 0 Å². The van der Waals surface area contributed by atoms with E-state index < -0.39 is 0 Å². The van der Waals surface area contributed by atoms with Crippen LogP contribution < -0.4 is 0 Å². The number of hydrogen-bond acceptors (Lipinski definition) is 2. The molecule has 0 aliphatic rings. The lowest BCUT2D eigenvalue weighted by atomic mass is 10.2. The first-order valence-electron chi connectivity index (χ1n) is 4.81. The molecule has 0 N–H and O–H groups in total. The summed E-state index contributed by atoms with van der Waals surface area (Å²) in [5, 5.41) is 0. The van der Waals surface area contributed by atoms with Gasteiger partial charge >= 0.3 is 5.84 Å². The predicted octanol–water partition coefficient (Wildman–Crippen LogP) is 2.66. The van der Waals surface area contributed by atoms with Crippen LogP contribution in [-0.2, 0) is 6.42 Å². The van der Waals surface area contributed by atoms with E-state index in [9.17, 15) is 0 Å². The Balaban J connectivity index is 2.03. The molecule has 2 aromatic heterocycles. The van der Waals surface area contributed by atoms with E-state index in [0.717, 1.165) is 12.1 Å². The fraction of sp³-hybridized carbons (Fsp3) is 0.500. The van der Waals surface area contributed by atoms with Gasteiger partial charge < -0.3 is 4.42 Å². The second-order valence-corrected chi connectivity index (χ2v) is 3.28. The lowest BCUT2D eigenvalue weighted by Gasteiger charge is -1.92. The minimum Gasteiger partial charge on any atom is -0.432 e. The Kier molecular flexibility index (Phi) is 2.34. The summed E-state index contributed by atoms with van der Waals surface area (Å²) in [6, 6.07) is 0. The van der Waals surface area contributed by atoms with Crippen molar-refractivity contribution in [3.63, 3.8) is 0 Å². The molecule has 13 heavy (non-hydrogen) atoms. The van der Waals surface area contributed by atoms with Gasteiger partial charge in [0.1, 0.15) is 6.26 Å². The first kappa shape index (κ1) is 8.35. The molecule has 0 fully saturated rings. The molecule has 0 aliphatic heterocycles. The maximum absolute atomic E-state index is 5.16. The molecule has 0 aliphatic carbocycles. The third-order valence-electron chi connectivity index (χ3n) is 2.18. The fourth-order valence-corrected chi connectivity index (χ4v) is 1.45. The second kappa shape index (κ2) is 3.64. The molecule has 0 aromatic carbocycles. The van der Waals surface area contributed by atoms with Crippen molar-refractivity contribution in [1.82, 2.24) is 9.38 Å². The van der Waals surface area contributed by atoms with Crippen LogP contribution in [0.5, 0.6) is 0 Å². The number of oxazole rings is 1. The molecular weight excluding hydrogens is 164 g/mol. The lowest BCUT2D eigenvalue weighted by Crippen LogP contribution is -1.84. The van der Waals surface area contributed by atoms with Crippen LogP contribution in [0.2, 0.25) is 0 Å². The zero-order valence-electron chi connectivity index (χ0n) is 7.86. The molecule has 2 heterocycles. The van der Waals surface area contributed by atoms with Crippen LogP contribution in [0.1, 0.15) is 31.9 Å². The van der Waals surface area contributed by atoms with E-state index >= 15 is 0 Å². The molecule has 0 saturated carbocycles. The second-order valence-electron chi connectivity index (χ2n) is 3.28. The molecule has 0 bridgehead atoms. The molecular formula is C10H14N2O. The Hall–Kier alpha value is -1.25. The number of fused-ring (bicyclic) bond motifs is 1. The van der Waals surface area contributed by atoms with Gasteiger partial charge in [0.05, 0.1) is 5.69 Å².